The van der Waals surface area contributed by atoms with Gasteiger partial charge >= 0.3 is 11.4 Å². The standard InChI is InChI=1S/C12H6N2O11S3/c15-13(16)5-1-3-7(27(19,20)21)11-9(5)25-10-6(14(17)18)2-4-8(12(10)26-11)28(22,23)24/h1-4H,(H,19,20,21)(H,22,23,24). The van der Waals surface area contributed by atoms with Crippen LogP contribution in [-0.2, 0) is 20.2 Å². The average Bonchev–Trinajstić information content (AvgIpc) is 2.55. The largest absolute Gasteiger partial charge is 0.440 e. The van der Waals surface area contributed by atoms with E-state index in [0.29, 0.717) is 24.3 Å². The highest BCUT2D eigenvalue weighted by Crippen LogP contribution is 2.57. The van der Waals surface area contributed by atoms with Gasteiger partial charge in [0.1, 0.15) is 9.79 Å². The number of rotatable bonds is 4. The Kier molecular flexibility index (Phi) is 4.55. The topological polar surface area (TPSA) is 204 Å². The van der Waals surface area contributed by atoms with Gasteiger partial charge in [0, 0.05) is 12.1 Å². The molecule has 0 atom stereocenters. The fraction of sp³-hybridized carbons (Fsp3) is 0. The van der Waals surface area contributed by atoms with Gasteiger partial charge in [-0.25, -0.2) is 0 Å². The fourth-order valence-corrected chi connectivity index (χ4v) is 5.39. The number of nitro benzene ring substituents is 2. The van der Waals surface area contributed by atoms with E-state index >= 15 is 0 Å². The van der Waals surface area contributed by atoms with Crippen molar-refractivity contribution >= 4 is 43.4 Å². The first kappa shape index (κ1) is 20.0. The van der Waals surface area contributed by atoms with Crippen LogP contribution in [0.1, 0.15) is 0 Å². The van der Waals surface area contributed by atoms with Crippen LogP contribution in [0.15, 0.2) is 43.8 Å². The Labute approximate surface area is 159 Å². The molecule has 2 aromatic carbocycles. The van der Waals surface area contributed by atoms with Gasteiger partial charge in [-0.2, -0.15) is 16.8 Å². The number of nitrogens with zero attached hydrogens (tertiary/aromatic N) is 2. The van der Waals surface area contributed by atoms with Crippen molar-refractivity contribution in [2.45, 2.75) is 19.6 Å². The molecule has 0 fully saturated rings. The quantitative estimate of drug-likeness (QED) is 0.333. The van der Waals surface area contributed by atoms with Crippen LogP contribution in [0, 0.1) is 20.2 Å². The van der Waals surface area contributed by atoms with E-state index in [9.17, 15) is 46.2 Å². The zero-order valence-electron chi connectivity index (χ0n) is 13.0. The highest BCUT2D eigenvalue weighted by Gasteiger charge is 2.38. The predicted molar refractivity (Wildman–Crippen MR) is 90.0 cm³/mol. The molecule has 0 spiro atoms. The predicted octanol–water partition coefficient (Wildman–Crippen LogP) is 2.25. The minimum absolute atomic E-state index is 0.240. The number of nitro groups is 2. The first-order valence-electron chi connectivity index (χ1n) is 6.76. The lowest BCUT2D eigenvalue weighted by molar-refractivity contribution is -0.387. The zero-order valence-corrected chi connectivity index (χ0v) is 15.4. The van der Waals surface area contributed by atoms with Crippen LogP contribution in [0.4, 0.5) is 11.4 Å². The Balaban J connectivity index is 2.42. The molecule has 16 heteroatoms. The van der Waals surface area contributed by atoms with Crippen molar-refractivity contribution in [1.82, 2.24) is 0 Å². The van der Waals surface area contributed by atoms with Crippen molar-refractivity contribution in [2.24, 2.45) is 0 Å². The SMILES string of the molecule is O=[N+]([O-])c1ccc(S(=O)(=O)O)c2c1Oc1c([N+](=O)[O-])ccc(S(=O)(=O)O)c1S2. The van der Waals surface area contributed by atoms with Crippen LogP contribution in [-0.4, -0.2) is 35.8 Å². The molecule has 0 aliphatic carbocycles. The van der Waals surface area contributed by atoms with Crippen LogP contribution in [0.25, 0.3) is 0 Å². The molecule has 3 rings (SSSR count). The maximum absolute atomic E-state index is 11.6. The zero-order chi connectivity index (χ0) is 21.0. The third-order valence-corrected chi connectivity index (χ3v) is 6.74. The average molecular weight is 450 g/mol. The van der Waals surface area contributed by atoms with E-state index in [0.717, 1.165) is 0 Å². The number of fused-ring (bicyclic) bond motifs is 2. The Bertz CT molecular complexity index is 1170. The molecule has 0 saturated heterocycles. The second-order valence-corrected chi connectivity index (χ2v) is 8.95. The highest BCUT2D eigenvalue weighted by molar-refractivity contribution is 8.00. The van der Waals surface area contributed by atoms with E-state index < -0.39 is 72.5 Å². The van der Waals surface area contributed by atoms with Gasteiger partial charge in [0.2, 0.25) is 11.5 Å². The Morgan fingerprint density at radius 2 is 1.14 bits per heavy atom. The van der Waals surface area contributed by atoms with Crippen molar-refractivity contribution in [2.75, 3.05) is 0 Å². The van der Waals surface area contributed by atoms with Gasteiger partial charge < -0.3 is 4.74 Å². The second-order valence-electron chi connectivity index (χ2n) is 5.15. The summed E-state index contributed by atoms with van der Waals surface area (Å²) in [5, 5.41) is 22.5. The number of hydrogen-bond donors (Lipinski definition) is 2. The number of ether oxygens (including phenoxy) is 1. The third-order valence-electron chi connectivity index (χ3n) is 3.47. The Morgan fingerprint density at radius 3 is 1.43 bits per heavy atom. The molecule has 28 heavy (non-hydrogen) atoms. The molecule has 0 aromatic heterocycles. The Morgan fingerprint density at radius 1 is 0.786 bits per heavy atom. The lowest BCUT2D eigenvalue weighted by Crippen LogP contribution is -2.10. The van der Waals surface area contributed by atoms with E-state index in [1.165, 1.54) is 0 Å². The molecule has 0 amide bonds. The number of hydrogen-bond acceptors (Lipinski definition) is 10. The fourth-order valence-electron chi connectivity index (χ4n) is 2.36. The molecule has 1 heterocycles. The molecule has 0 radical (unpaired) electrons. The molecular weight excluding hydrogens is 444 g/mol. The summed E-state index contributed by atoms with van der Waals surface area (Å²) in [6.45, 7) is 0. The van der Waals surface area contributed by atoms with Crippen LogP contribution < -0.4 is 4.74 Å². The first-order chi connectivity index (χ1) is 12.8. The molecule has 0 unspecified atom stereocenters. The molecule has 148 valence electrons. The summed E-state index contributed by atoms with van der Waals surface area (Å²) in [7, 11) is -9.87. The molecular formula is C12H6N2O11S3. The van der Waals surface area contributed by atoms with Gasteiger partial charge in [0.25, 0.3) is 20.2 Å². The van der Waals surface area contributed by atoms with Gasteiger partial charge in [-0.1, -0.05) is 11.8 Å². The van der Waals surface area contributed by atoms with Gasteiger partial charge in [0.05, 0.1) is 19.6 Å². The maximum atomic E-state index is 11.6. The summed E-state index contributed by atoms with van der Waals surface area (Å²) in [5.74, 6) is -1.48. The van der Waals surface area contributed by atoms with E-state index in [2.05, 4.69) is 0 Å². The molecule has 13 nitrogen and oxygen atoms in total. The second kappa shape index (κ2) is 6.38. The highest BCUT2D eigenvalue weighted by atomic mass is 32.2. The van der Waals surface area contributed by atoms with Crippen molar-refractivity contribution in [3.8, 4) is 11.5 Å². The van der Waals surface area contributed by atoms with Gasteiger partial charge in [-0.05, 0) is 12.1 Å². The van der Waals surface area contributed by atoms with Crippen LogP contribution in [0.2, 0.25) is 0 Å². The lowest BCUT2D eigenvalue weighted by Gasteiger charge is -2.21. The van der Waals surface area contributed by atoms with Gasteiger partial charge in [0.15, 0.2) is 0 Å². The van der Waals surface area contributed by atoms with Crippen LogP contribution in [0.5, 0.6) is 11.5 Å². The molecule has 0 saturated carbocycles. The Hall–Kier alpha value is -2.79. The van der Waals surface area contributed by atoms with Crippen molar-refractivity contribution in [3.05, 3.63) is 44.5 Å². The summed E-state index contributed by atoms with van der Waals surface area (Å²) in [4.78, 5) is 17.7. The van der Waals surface area contributed by atoms with Crippen LogP contribution in [0.3, 0.4) is 0 Å². The normalized spacial score (nSPS) is 13.2. The minimum atomic E-state index is -4.93. The first-order valence-corrected chi connectivity index (χ1v) is 10.5. The molecule has 2 aromatic rings. The molecule has 1 aliphatic rings. The van der Waals surface area contributed by atoms with E-state index in [4.69, 9.17) is 4.74 Å². The van der Waals surface area contributed by atoms with Crippen molar-refractivity contribution in [1.29, 1.82) is 0 Å². The molecule has 2 N–H and O–H groups in total. The van der Waals surface area contributed by atoms with E-state index in [1.807, 2.05) is 0 Å². The lowest BCUT2D eigenvalue weighted by atomic mass is 10.2. The maximum Gasteiger partial charge on any atom is 0.312 e. The summed E-state index contributed by atoms with van der Waals surface area (Å²) in [6, 6.07) is 2.79. The van der Waals surface area contributed by atoms with Gasteiger partial charge in [-0.3, -0.25) is 29.3 Å². The smallest absolute Gasteiger partial charge is 0.312 e. The summed E-state index contributed by atoms with van der Waals surface area (Å²) < 4.78 is 70.3. The summed E-state index contributed by atoms with van der Waals surface area (Å²) in [5.41, 5.74) is -1.57. The molecule has 1 aliphatic heterocycles. The van der Waals surface area contributed by atoms with E-state index in [-0.39, 0.29) is 11.8 Å². The van der Waals surface area contributed by atoms with E-state index in [1.54, 1.807) is 0 Å². The van der Waals surface area contributed by atoms with Crippen LogP contribution >= 0.6 is 11.8 Å². The van der Waals surface area contributed by atoms with Crippen molar-refractivity contribution < 1.29 is 40.5 Å². The summed E-state index contributed by atoms with van der Waals surface area (Å²) >= 11 is 0.240. The number of benzene rings is 2. The van der Waals surface area contributed by atoms with Crippen molar-refractivity contribution in [3.63, 3.8) is 0 Å². The third kappa shape index (κ3) is 3.27. The monoisotopic (exact) mass is 450 g/mol. The minimum Gasteiger partial charge on any atom is -0.440 e. The summed E-state index contributed by atoms with van der Waals surface area (Å²) in [6.07, 6.45) is 0. The van der Waals surface area contributed by atoms with Gasteiger partial charge in [-0.15, -0.1) is 0 Å². The molecule has 0 bridgehead atoms.